The number of hydrogen-bond donors (Lipinski definition) is 2. The monoisotopic (exact) mass is 225 g/mol. The van der Waals surface area contributed by atoms with Crippen molar-refractivity contribution in [1.82, 2.24) is 10.3 Å². The molecular weight excluding hydrogens is 206 g/mol. The van der Waals surface area contributed by atoms with E-state index in [1.807, 2.05) is 6.92 Å². The maximum absolute atomic E-state index is 5.86. The van der Waals surface area contributed by atoms with Gasteiger partial charge in [0.2, 0.25) is 0 Å². The van der Waals surface area contributed by atoms with Gasteiger partial charge in [-0.3, -0.25) is 0 Å². The Morgan fingerprint density at radius 1 is 1.60 bits per heavy atom. The zero-order chi connectivity index (χ0) is 10.7. The minimum Gasteiger partial charge on any atom is -0.328 e. The summed E-state index contributed by atoms with van der Waals surface area (Å²) < 4.78 is 0. The fourth-order valence-corrected chi connectivity index (χ4v) is 2.88. The van der Waals surface area contributed by atoms with Crippen molar-refractivity contribution in [3.63, 3.8) is 0 Å². The molecule has 1 aromatic heterocycles. The summed E-state index contributed by atoms with van der Waals surface area (Å²) in [6.07, 6.45) is 4.59. The molecule has 1 fully saturated rings. The second kappa shape index (κ2) is 5.05. The summed E-state index contributed by atoms with van der Waals surface area (Å²) >= 11 is 1.76. The summed E-state index contributed by atoms with van der Waals surface area (Å²) in [6, 6.07) is 1.06. The van der Waals surface area contributed by atoms with Crippen LogP contribution < -0.4 is 11.1 Å². The molecule has 3 N–H and O–H groups in total. The van der Waals surface area contributed by atoms with Gasteiger partial charge in [0.15, 0.2) is 0 Å². The Morgan fingerprint density at radius 3 is 3.07 bits per heavy atom. The number of aromatic nitrogens is 1. The van der Waals surface area contributed by atoms with Crippen molar-refractivity contribution in [2.24, 2.45) is 5.73 Å². The van der Waals surface area contributed by atoms with E-state index in [1.165, 1.54) is 17.8 Å². The highest BCUT2D eigenvalue weighted by Crippen LogP contribution is 2.17. The number of rotatable bonds is 4. The maximum Gasteiger partial charge on any atom is 0.0940 e. The van der Waals surface area contributed by atoms with Crippen LogP contribution in [0.3, 0.4) is 0 Å². The fourth-order valence-electron chi connectivity index (χ4n) is 2.10. The Balaban J connectivity index is 1.67. The molecule has 3 nitrogen and oxygen atoms in total. The van der Waals surface area contributed by atoms with E-state index in [1.54, 1.807) is 11.3 Å². The van der Waals surface area contributed by atoms with Gasteiger partial charge in [0.25, 0.3) is 0 Å². The highest BCUT2D eigenvalue weighted by molar-refractivity contribution is 7.09. The van der Waals surface area contributed by atoms with Gasteiger partial charge in [0.05, 0.1) is 5.01 Å². The molecule has 0 bridgehead atoms. The molecule has 0 aliphatic heterocycles. The predicted octanol–water partition coefficient (Wildman–Crippen LogP) is 1.46. The first-order valence-electron chi connectivity index (χ1n) is 5.64. The van der Waals surface area contributed by atoms with Crippen molar-refractivity contribution in [1.29, 1.82) is 0 Å². The van der Waals surface area contributed by atoms with Crippen LogP contribution in [-0.2, 0) is 6.42 Å². The van der Waals surface area contributed by atoms with Gasteiger partial charge in [-0.05, 0) is 26.2 Å². The van der Waals surface area contributed by atoms with Gasteiger partial charge >= 0.3 is 0 Å². The molecule has 2 atom stereocenters. The smallest absolute Gasteiger partial charge is 0.0940 e. The lowest BCUT2D eigenvalue weighted by atomic mass is 10.2. The largest absolute Gasteiger partial charge is 0.328 e. The third kappa shape index (κ3) is 3.26. The molecule has 0 aromatic carbocycles. The van der Waals surface area contributed by atoms with Crippen LogP contribution in [0.25, 0.3) is 0 Å². The Kier molecular flexibility index (Phi) is 3.72. The molecule has 1 aromatic rings. The van der Waals surface area contributed by atoms with Crippen molar-refractivity contribution >= 4 is 11.3 Å². The molecule has 2 rings (SSSR count). The normalized spacial score (nSPS) is 26.0. The van der Waals surface area contributed by atoms with Crippen molar-refractivity contribution in [3.05, 3.63) is 16.1 Å². The minimum absolute atomic E-state index is 0.421. The second-order valence-corrected chi connectivity index (χ2v) is 5.30. The summed E-state index contributed by atoms with van der Waals surface area (Å²) in [4.78, 5) is 4.44. The molecule has 1 heterocycles. The maximum atomic E-state index is 5.86. The standard InChI is InChI=1S/C11H19N3S/c1-8-7-15-11(14-8)4-5-13-10-3-2-9(12)6-10/h7,9-10,13H,2-6,12H2,1H3. The van der Waals surface area contributed by atoms with Gasteiger partial charge in [-0.2, -0.15) is 0 Å². The lowest BCUT2D eigenvalue weighted by Gasteiger charge is -2.10. The molecule has 15 heavy (non-hydrogen) atoms. The molecule has 0 spiro atoms. The van der Waals surface area contributed by atoms with E-state index in [4.69, 9.17) is 5.73 Å². The van der Waals surface area contributed by atoms with E-state index in [9.17, 15) is 0 Å². The Labute approximate surface area is 95.1 Å². The summed E-state index contributed by atoms with van der Waals surface area (Å²) in [5, 5.41) is 6.91. The Hall–Kier alpha value is -0.450. The molecule has 0 radical (unpaired) electrons. The zero-order valence-electron chi connectivity index (χ0n) is 9.20. The molecule has 1 aliphatic rings. The van der Waals surface area contributed by atoms with Crippen LogP contribution in [-0.4, -0.2) is 23.6 Å². The van der Waals surface area contributed by atoms with Gasteiger partial charge in [-0.1, -0.05) is 0 Å². The van der Waals surface area contributed by atoms with Crippen LogP contribution in [0, 0.1) is 6.92 Å². The van der Waals surface area contributed by atoms with E-state index in [2.05, 4.69) is 15.7 Å². The summed E-state index contributed by atoms with van der Waals surface area (Å²) in [6.45, 7) is 3.08. The zero-order valence-corrected chi connectivity index (χ0v) is 10.0. The van der Waals surface area contributed by atoms with Crippen LogP contribution in [0.2, 0.25) is 0 Å². The minimum atomic E-state index is 0.421. The SMILES string of the molecule is Cc1csc(CCNC2CCC(N)C2)n1. The first-order valence-corrected chi connectivity index (χ1v) is 6.52. The van der Waals surface area contributed by atoms with Gasteiger partial charge in [-0.25, -0.2) is 4.98 Å². The van der Waals surface area contributed by atoms with Crippen LogP contribution in [0.5, 0.6) is 0 Å². The van der Waals surface area contributed by atoms with Crippen molar-refractivity contribution in [2.75, 3.05) is 6.54 Å². The van der Waals surface area contributed by atoms with Gasteiger partial charge in [0.1, 0.15) is 0 Å². The number of nitrogens with one attached hydrogen (secondary N) is 1. The Morgan fingerprint density at radius 2 is 2.47 bits per heavy atom. The van der Waals surface area contributed by atoms with Crippen LogP contribution in [0.1, 0.15) is 30.0 Å². The molecular formula is C11H19N3S. The number of aryl methyl sites for hydroxylation is 1. The van der Waals surface area contributed by atoms with Gasteiger partial charge < -0.3 is 11.1 Å². The number of hydrogen-bond acceptors (Lipinski definition) is 4. The first kappa shape index (κ1) is 11.0. The molecule has 0 saturated heterocycles. The molecule has 4 heteroatoms. The van der Waals surface area contributed by atoms with Crippen LogP contribution in [0.15, 0.2) is 5.38 Å². The van der Waals surface area contributed by atoms with Crippen LogP contribution in [0.4, 0.5) is 0 Å². The average molecular weight is 225 g/mol. The number of thiazole rings is 1. The van der Waals surface area contributed by atoms with E-state index in [0.717, 1.165) is 25.1 Å². The van der Waals surface area contributed by atoms with E-state index in [0.29, 0.717) is 12.1 Å². The van der Waals surface area contributed by atoms with E-state index < -0.39 is 0 Å². The van der Waals surface area contributed by atoms with Crippen molar-refractivity contribution in [2.45, 2.75) is 44.7 Å². The number of nitrogens with two attached hydrogens (primary N) is 1. The lowest BCUT2D eigenvalue weighted by Crippen LogP contribution is -2.30. The molecule has 0 amide bonds. The molecule has 1 saturated carbocycles. The topological polar surface area (TPSA) is 50.9 Å². The second-order valence-electron chi connectivity index (χ2n) is 4.36. The summed E-state index contributed by atoms with van der Waals surface area (Å²) in [7, 11) is 0. The van der Waals surface area contributed by atoms with Crippen LogP contribution >= 0.6 is 11.3 Å². The molecule has 2 unspecified atom stereocenters. The third-order valence-corrected chi connectivity index (χ3v) is 3.94. The predicted molar refractivity (Wildman–Crippen MR) is 64.2 cm³/mol. The van der Waals surface area contributed by atoms with Gasteiger partial charge in [0, 0.05) is 36.1 Å². The highest BCUT2D eigenvalue weighted by Gasteiger charge is 2.20. The van der Waals surface area contributed by atoms with Gasteiger partial charge in [-0.15, -0.1) is 11.3 Å². The average Bonchev–Trinajstić information content (AvgIpc) is 2.76. The molecule has 84 valence electrons. The molecule has 1 aliphatic carbocycles. The van der Waals surface area contributed by atoms with Crippen molar-refractivity contribution < 1.29 is 0 Å². The quantitative estimate of drug-likeness (QED) is 0.815. The number of nitrogens with zero attached hydrogens (tertiary/aromatic N) is 1. The summed E-state index contributed by atoms with van der Waals surface area (Å²) in [5.41, 5.74) is 7.00. The first-order chi connectivity index (χ1) is 7.24. The Bertz CT molecular complexity index is 311. The fraction of sp³-hybridized carbons (Fsp3) is 0.727. The third-order valence-electron chi connectivity index (χ3n) is 2.91. The van der Waals surface area contributed by atoms with E-state index in [-0.39, 0.29) is 0 Å². The lowest BCUT2D eigenvalue weighted by molar-refractivity contribution is 0.520. The van der Waals surface area contributed by atoms with Crippen molar-refractivity contribution in [3.8, 4) is 0 Å². The highest BCUT2D eigenvalue weighted by atomic mass is 32.1. The summed E-state index contributed by atoms with van der Waals surface area (Å²) in [5.74, 6) is 0. The van der Waals surface area contributed by atoms with E-state index >= 15 is 0 Å².